The Kier molecular flexibility index (Phi) is 4.88. The van der Waals surface area contributed by atoms with Crippen LogP contribution in [0, 0.1) is 6.92 Å². The maximum atomic E-state index is 11.9. The van der Waals surface area contributed by atoms with Crippen LogP contribution in [0.2, 0.25) is 5.02 Å². The number of aromatic nitrogens is 2. The fourth-order valence-corrected chi connectivity index (χ4v) is 3.59. The van der Waals surface area contributed by atoms with Crippen molar-refractivity contribution in [2.75, 3.05) is 7.11 Å². The van der Waals surface area contributed by atoms with E-state index in [1.54, 1.807) is 6.07 Å². The molecule has 0 N–H and O–H groups in total. The zero-order valence-electron chi connectivity index (χ0n) is 15.6. The molecule has 0 saturated heterocycles. The summed E-state index contributed by atoms with van der Waals surface area (Å²) in [4.78, 5) is 11.9. The Labute approximate surface area is 168 Å². The predicted molar refractivity (Wildman–Crippen MR) is 112 cm³/mol. The molecule has 0 radical (unpaired) electrons. The minimum absolute atomic E-state index is 0.363. The number of aryl methyl sites for hydroxylation is 1. The van der Waals surface area contributed by atoms with Gasteiger partial charge in [-0.05, 0) is 41.8 Å². The Morgan fingerprint density at radius 1 is 1.04 bits per heavy atom. The molecule has 3 aromatic carbocycles. The first-order chi connectivity index (χ1) is 13.6. The molecule has 0 amide bonds. The van der Waals surface area contributed by atoms with E-state index in [1.807, 2.05) is 54.1 Å². The molecule has 0 aliphatic carbocycles. The molecule has 4 aromatic rings. The van der Waals surface area contributed by atoms with E-state index in [0.717, 1.165) is 33.3 Å². The molecule has 0 bridgehead atoms. The number of nitrogens with zero attached hydrogens (tertiary/aromatic N) is 2. The van der Waals surface area contributed by atoms with Gasteiger partial charge in [-0.1, -0.05) is 60.1 Å². The monoisotopic (exact) mass is 390 g/mol. The highest BCUT2D eigenvalue weighted by molar-refractivity contribution is 6.31. The van der Waals surface area contributed by atoms with Crippen molar-refractivity contribution in [1.82, 2.24) is 9.78 Å². The molecule has 28 heavy (non-hydrogen) atoms. The second kappa shape index (κ2) is 7.49. The zero-order chi connectivity index (χ0) is 19.7. The first-order valence-electron chi connectivity index (χ1n) is 8.96. The van der Waals surface area contributed by atoms with E-state index in [9.17, 15) is 4.79 Å². The summed E-state index contributed by atoms with van der Waals surface area (Å²) in [6, 6.07) is 21.7. The van der Waals surface area contributed by atoms with Gasteiger partial charge in [-0.2, -0.15) is 5.10 Å². The van der Waals surface area contributed by atoms with Crippen molar-refractivity contribution in [2.24, 2.45) is 0 Å². The minimum Gasteiger partial charge on any atom is -0.465 e. The lowest BCUT2D eigenvalue weighted by molar-refractivity contribution is 0.0601. The molecule has 4 nitrogen and oxygen atoms in total. The number of carbonyl (C=O) groups is 1. The van der Waals surface area contributed by atoms with Gasteiger partial charge in [0.2, 0.25) is 0 Å². The van der Waals surface area contributed by atoms with Crippen LogP contribution in [0.4, 0.5) is 0 Å². The van der Waals surface area contributed by atoms with Crippen molar-refractivity contribution >= 4 is 28.5 Å². The van der Waals surface area contributed by atoms with Gasteiger partial charge in [-0.3, -0.25) is 4.68 Å². The Balaban J connectivity index is 1.71. The summed E-state index contributed by atoms with van der Waals surface area (Å²) in [5.74, 6) is -0.363. The molecular formula is C23H19ClN2O2. The molecule has 1 aromatic heterocycles. The van der Waals surface area contributed by atoms with Gasteiger partial charge in [0, 0.05) is 10.4 Å². The third kappa shape index (κ3) is 3.39. The number of esters is 1. The Hall–Kier alpha value is -3.11. The molecule has 5 heteroatoms. The summed E-state index contributed by atoms with van der Waals surface area (Å²) in [6.07, 6.45) is 0. The maximum absolute atomic E-state index is 11.9. The van der Waals surface area contributed by atoms with E-state index in [0.29, 0.717) is 17.1 Å². The molecule has 0 aliphatic rings. The third-order valence-electron chi connectivity index (χ3n) is 4.84. The molecule has 0 spiro atoms. The number of benzene rings is 3. The smallest absolute Gasteiger partial charge is 0.337 e. The van der Waals surface area contributed by atoms with Crippen molar-refractivity contribution in [3.8, 4) is 11.1 Å². The summed E-state index contributed by atoms with van der Waals surface area (Å²) in [5, 5.41) is 6.33. The van der Waals surface area contributed by atoms with Crippen molar-refractivity contribution in [1.29, 1.82) is 0 Å². The van der Waals surface area contributed by atoms with Crippen molar-refractivity contribution < 1.29 is 9.53 Å². The second-order valence-corrected chi connectivity index (χ2v) is 7.05. The molecule has 4 rings (SSSR count). The van der Waals surface area contributed by atoms with E-state index in [4.69, 9.17) is 16.3 Å². The van der Waals surface area contributed by atoms with Crippen LogP contribution in [-0.4, -0.2) is 22.9 Å². The van der Waals surface area contributed by atoms with Gasteiger partial charge >= 0.3 is 5.97 Å². The Morgan fingerprint density at radius 3 is 2.54 bits per heavy atom. The lowest BCUT2D eigenvalue weighted by atomic mass is 10.0. The number of fused-ring (bicyclic) bond motifs is 1. The van der Waals surface area contributed by atoms with Crippen molar-refractivity contribution in [3.63, 3.8) is 0 Å². The van der Waals surface area contributed by atoms with Gasteiger partial charge in [-0.15, -0.1) is 0 Å². The number of ether oxygens (including phenoxy) is 1. The number of halogens is 1. The fraction of sp³-hybridized carbons (Fsp3) is 0.130. The van der Waals surface area contributed by atoms with Gasteiger partial charge in [-0.25, -0.2) is 4.79 Å². The fourth-order valence-electron chi connectivity index (χ4n) is 3.35. The van der Waals surface area contributed by atoms with Crippen LogP contribution >= 0.6 is 11.6 Å². The molecule has 0 unspecified atom stereocenters. The molecule has 0 atom stereocenters. The topological polar surface area (TPSA) is 44.1 Å². The van der Waals surface area contributed by atoms with Crippen LogP contribution in [-0.2, 0) is 11.3 Å². The van der Waals surface area contributed by atoms with Crippen molar-refractivity contribution in [2.45, 2.75) is 13.5 Å². The summed E-state index contributed by atoms with van der Waals surface area (Å²) in [7, 11) is 1.38. The van der Waals surface area contributed by atoms with Crippen LogP contribution in [0.3, 0.4) is 0 Å². The summed E-state index contributed by atoms with van der Waals surface area (Å²) >= 11 is 6.58. The first-order valence-corrected chi connectivity index (χ1v) is 9.34. The quantitative estimate of drug-likeness (QED) is 0.432. The van der Waals surface area contributed by atoms with Crippen LogP contribution in [0.25, 0.3) is 22.0 Å². The second-order valence-electron chi connectivity index (χ2n) is 6.64. The molecular weight excluding hydrogens is 372 g/mol. The third-order valence-corrected chi connectivity index (χ3v) is 5.19. The number of methoxy groups -OCH3 is 1. The highest BCUT2D eigenvalue weighted by atomic mass is 35.5. The van der Waals surface area contributed by atoms with Crippen LogP contribution < -0.4 is 0 Å². The first kappa shape index (κ1) is 18.3. The average molecular weight is 391 g/mol. The molecule has 0 saturated carbocycles. The lowest BCUT2D eigenvalue weighted by Crippen LogP contribution is -2.04. The summed E-state index contributed by atoms with van der Waals surface area (Å²) in [6.45, 7) is 2.47. The predicted octanol–water partition coefficient (Wildman–Crippen LogP) is 5.50. The van der Waals surface area contributed by atoms with Crippen molar-refractivity contribution in [3.05, 3.63) is 88.6 Å². The van der Waals surface area contributed by atoms with Gasteiger partial charge in [0.05, 0.1) is 30.4 Å². The van der Waals surface area contributed by atoms with Gasteiger partial charge in [0.15, 0.2) is 0 Å². The van der Waals surface area contributed by atoms with E-state index >= 15 is 0 Å². The van der Waals surface area contributed by atoms with E-state index in [2.05, 4.69) is 23.3 Å². The van der Waals surface area contributed by atoms with Gasteiger partial charge in [0.25, 0.3) is 0 Å². The molecule has 140 valence electrons. The van der Waals surface area contributed by atoms with Crippen LogP contribution in [0.15, 0.2) is 66.7 Å². The van der Waals surface area contributed by atoms with Gasteiger partial charge < -0.3 is 4.74 Å². The molecule has 0 fully saturated rings. The van der Waals surface area contributed by atoms with E-state index in [1.165, 1.54) is 7.11 Å². The van der Waals surface area contributed by atoms with E-state index in [-0.39, 0.29) is 5.97 Å². The van der Waals surface area contributed by atoms with Gasteiger partial charge in [0.1, 0.15) is 0 Å². The number of carbonyl (C=O) groups excluding carboxylic acids is 1. The molecule has 1 heterocycles. The number of rotatable bonds is 4. The summed E-state index contributed by atoms with van der Waals surface area (Å²) < 4.78 is 6.71. The Bertz CT molecular complexity index is 1170. The summed E-state index contributed by atoms with van der Waals surface area (Å²) in [5.41, 5.74) is 5.45. The highest BCUT2D eigenvalue weighted by Gasteiger charge is 2.13. The zero-order valence-corrected chi connectivity index (χ0v) is 16.4. The largest absolute Gasteiger partial charge is 0.465 e. The van der Waals surface area contributed by atoms with Crippen LogP contribution in [0.1, 0.15) is 21.6 Å². The van der Waals surface area contributed by atoms with E-state index < -0.39 is 0 Å². The maximum Gasteiger partial charge on any atom is 0.337 e. The number of hydrogen-bond donors (Lipinski definition) is 0. The SMILES string of the molecule is COC(=O)c1ccc2c(C)nn(Cc3ccc(-c4ccccc4)cc3Cl)c2c1. The number of hydrogen-bond acceptors (Lipinski definition) is 3. The minimum atomic E-state index is -0.363. The average Bonchev–Trinajstić information content (AvgIpc) is 3.04. The van der Waals surface area contributed by atoms with Crippen LogP contribution in [0.5, 0.6) is 0 Å². The normalized spacial score (nSPS) is 11.0. The molecule has 0 aliphatic heterocycles. The standard InChI is InChI=1S/C23H19ClN2O2/c1-15-20-11-10-18(23(27)28-2)13-22(20)26(25-15)14-19-9-8-17(12-21(19)24)16-6-4-3-5-7-16/h3-13H,14H2,1-2H3. The Morgan fingerprint density at radius 2 is 1.82 bits per heavy atom. The highest BCUT2D eigenvalue weighted by Crippen LogP contribution is 2.27. The lowest BCUT2D eigenvalue weighted by Gasteiger charge is -2.09.